The molecule has 1 fully saturated rings. The lowest BCUT2D eigenvalue weighted by Gasteiger charge is -2.31. The third-order valence-corrected chi connectivity index (χ3v) is 3.86. The summed E-state index contributed by atoms with van der Waals surface area (Å²) in [7, 11) is 1.82. The van der Waals surface area contributed by atoms with Gasteiger partial charge in [-0.3, -0.25) is 4.79 Å². The predicted molar refractivity (Wildman–Crippen MR) is 84.2 cm³/mol. The van der Waals surface area contributed by atoms with Crippen LogP contribution in [0.2, 0.25) is 0 Å². The zero-order valence-corrected chi connectivity index (χ0v) is 12.6. The van der Waals surface area contributed by atoms with Crippen LogP contribution in [0.25, 0.3) is 0 Å². The maximum Gasteiger partial charge on any atom is 0.241 e. The molecule has 0 aromatic heterocycles. The summed E-state index contributed by atoms with van der Waals surface area (Å²) in [6.07, 6.45) is 2.28. The second-order valence-electron chi connectivity index (χ2n) is 5.56. The van der Waals surface area contributed by atoms with Crippen molar-refractivity contribution in [1.82, 2.24) is 4.90 Å². The Morgan fingerprint density at radius 3 is 2.95 bits per heavy atom. The summed E-state index contributed by atoms with van der Waals surface area (Å²) >= 11 is 0. The van der Waals surface area contributed by atoms with E-state index in [1.807, 2.05) is 18.0 Å². The molecule has 1 aromatic carbocycles. The molecule has 0 spiro atoms. The molecule has 1 aliphatic heterocycles. The fraction of sp³-hybridized carbons (Fsp3) is 0.500. The molecular weight excluding hydrogens is 264 g/mol. The molecule has 2 rings (SSSR count). The molecule has 1 saturated heterocycles. The van der Waals surface area contributed by atoms with Crippen molar-refractivity contribution in [3.63, 3.8) is 0 Å². The molecule has 0 saturated carbocycles. The highest BCUT2D eigenvalue weighted by atomic mass is 16.2. The van der Waals surface area contributed by atoms with E-state index in [1.165, 1.54) is 6.42 Å². The molecule has 112 valence electrons. The lowest BCUT2D eigenvalue weighted by molar-refractivity contribution is -0.130. The minimum Gasteiger partial charge on any atom is -0.386 e. The summed E-state index contributed by atoms with van der Waals surface area (Å²) in [5.74, 6) is 0.698. The fourth-order valence-electron chi connectivity index (χ4n) is 2.68. The number of anilines is 2. The van der Waals surface area contributed by atoms with Gasteiger partial charge in [-0.1, -0.05) is 6.92 Å². The molecule has 1 aromatic rings. The second-order valence-corrected chi connectivity index (χ2v) is 5.56. The minimum absolute atomic E-state index is 0.117. The molecule has 0 aliphatic carbocycles. The fourth-order valence-corrected chi connectivity index (χ4v) is 2.68. The van der Waals surface area contributed by atoms with Crippen LogP contribution in [-0.4, -0.2) is 37.5 Å². The topological polar surface area (TPSA) is 68.2 Å². The van der Waals surface area contributed by atoms with Crippen LogP contribution in [0, 0.1) is 17.2 Å². The monoisotopic (exact) mass is 286 g/mol. The first kappa shape index (κ1) is 15.2. The van der Waals surface area contributed by atoms with Crippen molar-refractivity contribution < 1.29 is 4.79 Å². The maximum absolute atomic E-state index is 12.2. The van der Waals surface area contributed by atoms with Crippen molar-refractivity contribution in [2.45, 2.75) is 19.8 Å². The first-order valence-electron chi connectivity index (χ1n) is 7.37. The zero-order valence-electron chi connectivity index (χ0n) is 12.6. The van der Waals surface area contributed by atoms with Gasteiger partial charge in [-0.05, 0) is 37.0 Å². The molecule has 0 unspecified atom stereocenters. The quantitative estimate of drug-likeness (QED) is 0.891. The SMILES string of the molecule is CNc1ccc(C#N)cc1NCC(=O)N1CCC[C@@H](C)C1. The first-order valence-corrected chi connectivity index (χ1v) is 7.37. The maximum atomic E-state index is 12.2. The molecule has 1 aliphatic rings. The Hall–Kier alpha value is -2.22. The smallest absolute Gasteiger partial charge is 0.241 e. The lowest BCUT2D eigenvalue weighted by Crippen LogP contribution is -2.42. The van der Waals surface area contributed by atoms with E-state index in [2.05, 4.69) is 23.6 Å². The zero-order chi connectivity index (χ0) is 15.2. The van der Waals surface area contributed by atoms with Gasteiger partial charge in [-0.25, -0.2) is 0 Å². The largest absolute Gasteiger partial charge is 0.386 e. The van der Waals surface area contributed by atoms with Gasteiger partial charge >= 0.3 is 0 Å². The molecule has 0 bridgehead atoms. The van der Waals surface area contributed by atoms with Crippen LogP contribution in [0.4, 0.5) is 11.4 Å². The molecule has 5 heteroatoms. The molecule has 0 radical (unpaired) electrons. The van der Waals surface area contributed by atoms with E-state index in [4.69, 9.17) is 5.26 Å². The average Bonchev–Trinajstić information content (AvgIpc) is 2.52. The number of nitriles is 1. The van der Waals surface area contributed by atoms with Crippen molar-refractivity contribution in [3.8, 4) is 6.07 Å². The number of carbonyl (C=O) groups is 1. The number of carbonyl (C=O) groups excluding carboxylic acids is 1. The molecule has 2 N–H and O–H groups in total. The standard InChI is InChI=1S/C16H22N4O/c1-12-4-3-7-20(11-12)16(21)10-19-15-8-13(9-17)5-6-14(15)18-2/h5-6,8,12,18-19H,3-4,7,10-11H2,1-2H3/t12-/m1/s1. The number of piperidine rings is 1. The van der Waals surface area contributed by atoms with Gasteiger partial charge in [-0.2, -0.15) is 5.26 Å². The summed E-state index contributed by atoms with van der Waals surface area (Å²) in [5.41, 5.74) is 2.25. The van der Waals surface area contributed by atoms with Gasteiger partial charge in [0.1, 0.15) is 0 Å². The summed E-state index contributed by atoms with van der Waals surface area (Å²) in [6.45, 7) is 4.14. The summed E-state index contributed by atoms with van der Waals surface area (Å²) in [4.78, 5) is 14.2. The number of amides is 1. The minimum atomic E-state index is 0.117. The molecule has 5 nitrogen and oxygen atoms in total. The van der Waals surface area contributed by atoms with Crippen LogP contribution < -0.4 is 10.6 Å². The van der Waals surface area contributed by atoms with Crippen molar-refractivity contribution >= 4 is 17.3 Å². The van der Waals surface area contributed by atoms with Crippen LogP contribution in [0.3, 0.4) is 0 Å². The van der Waals surface area contributed by atoms with E-state index >= 15 is 0 Å². The number of rotatable bonds is 4. The second kappa shape index (κ2) is 6.98. The molecule has 1 heterocycles. The highest BCUT2D eigenvalue weighted by Gasteiger charge is 2.20. The van der Waals surface area contributed by atoms with Crippen molar-refractivity contribution in [2.75, 3.05) is 37.3 Å². The Kier molecular flexibility index (Phi) is 5.04. The molecular formula is C16H22N4O. The summed E-state index contributed by atoms with van der Waals surface area (Å²) in [5, 5.41) is 15.2. The number of benzene rings is 1. The number of nitrogens with one attached hydrogen (secondary N) is 2. The van der Waals surface area contributed by atoms with E-state index in [-0.39, 0.29) is 12.5 Å². The van der Waals surface area contributed by atoms with Crippen LogP contribution in [0.5, 0.6) is 0 Å². The Balaban J connectivity index is 1.99. The predicted octanol–water partition coefficient (Wildman–Crippen LogP) is 2.27. The molecule has 21 heavy (non-hydrogen) atoms. The Morgan fingerprint density at radius 2 is 2.29 bits per heavy atom. The Labute approximate surface area is 125 Å². The highest BCUT2D eigenvalue weighted by Crippen LogP contribution is 2.22. The van der Waals surface area contributed by atoms with E-state index in [0.717, 1.165) is 30.9 Å². The normalized spacial score (nSPS) is 18.0. The van der Waals surface area contributed by atoms with Gasteiger partial charge in [0.2, 0.25) is 5.91 Å². The van der Waals surface area contributed by atoms with Gasteiger partial charge < -0.3 is 15.5 Å². The van der Waals surface area contributed by atoms with Crippen molar-refractivity contribution in [1.29, 1.82) is 5.26 Å². The van der Waals surface area contributed by atoms with Crippen LogP contribution in [0.1, 0.15) is 25.3 Å². The van der Waals surface area contributed by atoms with E-state index < -0.39 is 0 Å². The van der Waals surface area contributed by atoms with Crippen molar-refractivity contribution in [2.24, 2.45) is 5.92 Å². The Morgan fingerprint density at radius 1 is 1.48 bits per heavy atom. The van der Waals surface area contributed by atoms with E-state index in [0.29, 0.717) is 11.5 Å². The third-order valence-electron chi connectivity index (χ3n) is 3.86. The average molecular weight is 286 g/mol. The first-order chi connectivity index (χ1) is 10.1. The van der Waals surface area contributed by atoms with Crippen LogP contribution in [0.15, 0.2) is 18.2 Å². The Bertz CT molecular complexity index is 550. The number of hydrogen-bond donors (Lipinski definition) is 2. The summed E-state index contributed by atoms with van der Waals surface area (Å²) in [6, 6.07) is 7.47. The van der Waals surface area contributed by atoms with Crippen LogP contribution in [-0.2, 0) is 4.79 Å². The number of likely N-dealkylation sites (tertiary alicyclic amines) is 1. The summed E-state index contributed by atoms with van der Waals surface area (Å²) < 4.78 is 0. The number of hydrogen-bond acceptors (Lipinski definition) is 4. The molecule has 1 atom stereocenters. The van der Waals surface area contributed by atoms with Gasteiger partial charge in [-0.15, -0.1) is 0 Å². The highest BCUT2D eigenvalue weighted by molar-refractivity contribution is 5.83. The van der Waals surface area contributed by atoms with Gasteiger partial charge in [0.05, 0.1) is 29.6 Å². The van der Waals surface area contributed by atoms with Crippen molar-refractivity contribution in [3.05, 3.63) is 23.8 Å². The van der Waals surface area contributed by atoms with Gasteiger partial charge in [0.25, 0.3) is 0 Å². The van der Waals surface area contributed by atoms with Crippen LogP contribution >= 0.6 is 0 Å². The molecule has 1 amide bonds. The van der Waals surface area contributed by atoms with E-state index in [9.17, 15) is 4.79 Å². The van der Waals surface area contributed by atoms with Gasteiger partial charge in [0, 0.05) is 20.1 Å². The third kappa shape index (κ3) is 3.88. The van der Waals surface area contributed by atoms with Gasteiger partial charge in [0.15, 0.2) is 0 Å². The van der Waals surface area contributed by atoms with E-state index in [1.54, 1.807) is 12.1 Å². The lowest BCUT2D eigenvalue weighted by atomic mass is 10.0. The number of nitrogens with zero attached hydrogens (tertiary/aromatic N) is 2.